The molecular formula is C12H8Br2Cl2OS. The maximum atomic E-state index is 10.2. The summed E-state index contributed by atoms with van der Waals surface area (Å²) in [4.78, 5) is 0.889. The number of rotatable bonds is 3. The van der Waals surface area contributed by atoms with Crippen LogP contribution in [0.5, 0.6) is 0 Å². The summed E-state index contributed by atoms with van der Waals surface area (Å²) in [5.41, 5.74) is 0.884. The van der Waals surface area contributed by atoms with Crippen LogP contribution in [0.25, 0.3) is 0 Å². The molecule has 1 nitrogen and oxygen atoms in total. The highest BCUT2D eigenvalue weighted by Crippen LogP contribution is 2.37. The lowest BCUT2D eigenvalue weighted by Crippen LogP contribution is -2.00. The van der Waals surface area contributed by atoms with Crippen molar-refractivity contribution >= 4 is 66.4 Å². The minimum atomic E-state index is -0.573. The molecule has 0 aliphatic rings. The lowest BCUT2D eigenvalue weighted by atomic mass is 10.1. The SMILES string of the molecule is OC(Cc1ccc(Cl)cc1Cl)c1cc(Br)c(Br)s1. The molecule has 0 aliphatic carbocycles. The first-order valence-corrected chi connectivity index (χ1v) is 8.20. The standard InChI is InChI=1S/C12H8Br2Cl2OS/c13-8-5-11(18-12(8)14)10(17)3-6-1-2-7(15)4-9(6)16/h1-2,4-5,10,17H,3H2. The molecule has 0 radical (unpaired) electrons. The van der Waals surface area contributed by atoms with Gasteiger partial charge in [0.1, 0.15) is 0 Å². The van der Waals surface area contributed by atoms with Crippen molar-refractivity contribution in [3.05, 3.63) is 53.0 Å². The number of hydrogen-bond acceptors (Lipinski definition) is 2. The van der Waals surface area contributed by atoms with Gasteiger partial charge in [0.25, 0.3) is 0 Å². The molecule has 0 fully saturated rings. The van der Waals surface area contributed by atoms with Gasteiger partial charge >= 0.3 is 0 Å². The first-order chi connectivity index (χ1) is 8.47. The second-order valence-corrected chi connectivity index (χ2v) is 7.83. The van der Waals surface area contributed by atoms with Crippen molar-refractivity contribution in [2.75, 3.05) is 0 Å². The van der Waals surface area contributed by atoms with E-state index in [0.29, 0.717) is 16.5 Å². The third kappa shape index (κ3) is 3.50. The van der Waals surface area contributed by atoms with E-state index in [0.717, 1.165) is 18.7 Å². The van der Waals surface area contributed by atoms with Gasteiger partial charge < -0.3 is 5.11 Å². The summed E-state index contributed by atoms with van der Waals surface area (Å²) in [7, 11) is 0. The van der Waals surface area contributed by atoms with Gasteiger partial charge in [-0.3, -0.25) is 0 Å². The van der Waals surface area contributed by atoms with Crippen LogP contribution in [-0.2, 0) is 6.42 Å². The van der Waals surface area contributed by atoms with Gasteiger partial charge in [-0.15, -0.1) is 11.3 Å². The van der Waals surface area contributed by atoms with Crippen LogP contribution in [0.1, 0.15) is 16.5 Å². The Morgan fingerprint density at radius 3 is 2.50 bits per heavy atom. The van der Waals surface area contributed by atoms with Gasteiger partial charge in [0.15, 0.2) is 0 Å². The maximum absolute atomic E-state index is 10.2. The largest absolute Gasteiger partial charge is 0.387 e. The third-order valence-electron chi connectivity index (χ3n) is 2.42. The molecule has 1 unspecified atom stereocenters. The number of hydrogen-bond donors (Lipinski definition) is 1. The number of halogens is 4. The van der Waals surface area contributed by atoms with Crippen LogP contribution in [0.15, 0.2) is 32.5 Å². The molecular weight excluding hydrogens is 423 g/mol. The smallest absolute Gasteiger partial charge is 0.0923 e. The molecule has 96 valence electrons. The fourth-order valence-corrected chi connectivity index (χ4v) is 4.08. The highest BCUT2D eigenvalue weighted by Gasteiger charge is 2.15. The molecule has 0 saturated heterocycles. The summed E-state index contributed by atoms with van der Waals surface area (Å²) in [5.74, 6) is 0. The third-order valence-corrected chi connectivity index (χ3v) is 6.37. The minimum absolute atomic E-state index is 0.468. The van der Waals surface area contributed by atoms with E-state index in [1.54, 1.807) is 12.1 Å². The fraction of sp³-hybridized carbons (Fsp3) is 0.167. The average Bonchev–Trinajstić information content (AvgIpc) is 2.63. The molecule has 1 aromatic carbocycles. The second kappa shape index (κ2) is 6.25. The Morgan fingerprint density at radius 2 is 1.94 bits per heavy atom. The van der Waals surface area contributed by atoms with E-state index in [1.165, 1.54) is 11.3 Å². The van der Waals surface area contributed by atoms with E-state index in [2.05, 4.69) is 31.9 Å². The zero-order chi connectivity index (χ0) is 13.3. The molecule has 0 amide bonds. The molecule has 18 heavy (non-hydrogen) atoms. The van der Waals surface area contributed by atoms with Gasteiger partial charge in [0, 0.05) is 25.8 Å². The Bertz CT molecular complexity index is 552. The van der Waals surface area contributed by atoms with Gasteiger partial charge in [-0.1, -0.05) is 29.3 Å². The van der Waals surface area contributed by atoms with Crippen molar-refractivity contribution in [2.24, 2.45) is 0 Å². The van der Waals surface area contributed by atoms with E-state index in [1.807, 2.05) is 12.1 Å². The van der Waals surface area contributed by atoms with Crippen LogP contribution >= 0.6 is 66.4 Å². The summed E-state index contributed by atoms with van der Waals surface area (Å²) < 4.78 is 1.92. The predicted octanol–water partition coefficient (Wildman–Crippen LogP) is 5.86. The molecule has 0 spiro atoms. The lowest BCUT2D eigenvalue weighted by Gasteiger charge is -2.10. The lowest BCUT2D eigenvalue weighted by molar-refractivity contribution is 0.182. The van der Waals surface area contributed by atoms with Crippen LogP contribution in [-0.4, -0.2) is 5.11 Å². The summed E-state index contributed by atoms with van der Waals surface area (Å²) in [5, 5.41) is 11.4. The molecule has 0 bridgehead atoms. The zero-order valence-electron chi connectivity index (χ0n) is 8.96. The van der Waals surface area contributed by atoms with Crippen molar-refractivity contribution < 1.29 is 5.11 Å². The fourth-order valence-electron chi connectivity index (χ4n) is 1.52. The van der Waals surface area contributed by atoms with Crippen molar-refractivity contribution in [1.82, 2.24) is 0 Å². The Hall–Kier alpha value is 0.420. The predicted molar refractivity (Wildman–Crippen MR) is 84.8 cm³/mol. The van der Waals surface area contributed by atoms with E-state index < -0.39 is 6.10 Å². The van der Waals surface area contributed by atoms with E-state index in [9.17, 15) is 5.11 Å². The number of thiophene rings is 1. The Kier molecular flexibility index (Phi) is 5.14. The Labute approximate surface area is 136 Å². The second-order valence-electron chi connectivity index (χ2n) is 3.73. The quantitative estimate of drug-likeness (QED) is 0.647. The summed E-state index contributed by atoms with van der Waals surface area (Å²) in [6.07, 6.45) is -0.105. The first kappa shape index (κ1) is 14.8. The maximum Gasteiger partial charge on any atom is 0.0923 e. The molecule has 6 heteroatoms. The molecule has 0 saturated carbocycles. The summed E-state index contributed by atoms with van der Waals surface area (Å²) in [6.45, 7) is 0. The van der Waals surface area contributed by atoms with Gasteiger partial charge in [-0.25, -0.2) is 0 Å². The van der Waals surface area contributed by atoms with Crippen molar-refractivity contribution in [1.29, 1.82) is 0 Å². The van der Waals surface area contributed by atoms with E-state index in [4.69, 9.17) is 23.2 Å². The van der Waals surface area contributed by atoms with E-state index >= 15 is 0 Å². The van der Waals surface area contributed by atoms with E-state index in [-0.39, 0.29) is 0 Å². The van der Waals surface area contributed by atoms with Crippen LogP contribution in [0.2, 0.25) is 10.0 Å². The van der Waals surface area contributed by atoms with Crippen LogP contribution in [0, 0.1) is 0 Å². The molecule has 0 aliphatic heterocycles. The van der Waals surface area contributed by atoms with Gasteiger partial charge in [0.05, 0.1) is 9.89 Å². The van der Waals surface area contributed by atoms with Crippen LogP contribution in [0.3, 0.4) is 0 Å². The normalized spacial score (nSPS) is 12.7. The summed E-state index contributed by atoms with van der Waals surface area (Å²) >= 11 is 20.2. The molecule has 1 atom stereocenters. The van der Waals surface area contributed by atoms with Crippen LogP contribution < -0.4 is 0 Å². The van der Waals surface area contributed by atoms with Gasteiger partial charge in [-0.05, 0) is 55.6 Å². The zero-order valence-corrected chi connectivity index (χ0v) is 14.5. The van der Waals surface area contributed by atoms with Gasteiger partial charge in [0.2, 0.25) is 0 Å². The highest BCUT2D eigenvalue weighted by molar-refractivity contribution is 9.13. The van der Waals surface area contributed by atoms with Crippen molar-refractivity contribution in [3.8, 4) is 0 Å². The number of benzene rings is 1. The number of aliphatic hydroxyl groups is 1. The Balaban J connectivity index is 2.18. The molecule has 1 heterocycles. The molecule has 2 rings (SSSR count). The Morgan fingerprint density at radius 1 is 1.22 bits per heavy atom. The number of aliphatic hydroxyl groups excluding tert-OH is 1. The van der Waals surface area contributed by atoms with Gasteiger partial charge in [-0.2, -0.15) is 0 Å². The van der Waals surface area contributed by atoms with Crippen LogP contribution in [0.4, 0.5) is 0 Å². The monoisotopic (exact) mass is 428 g/mol. The highest BCUT2D eigenvalue weighted by atomic mass is 79.9. The topological polar surface area (TPSA) is 20.2 Å². The first-order valence-electron chi connectivity index (χ1n) is 5.04. The van der Waals surface area contributed by atoms with Crippen molar-refractivity contribution in [2.45, 2.75) is 12.5 Å². The summed E-state index contributed by atoms with van der Waals surface area (Å²) in [6, 6.07) is 7.20. The minimum Gasteiger partial charge on any atom is -0.387 e. The molecule has 1 aromatic heterocycles. The van der Waals surface area contributed by atoms with Crippen molar-refractivity contribution in [3.63, 3.8) is 0 Å². The average molecular weight is 431 g/mol. The molecule has 1 N–H and O–H groups in total. The molecule has 2 aromatic rings.